The first-order valence-electron chi connectivity index (χ1n) is 4.26. The van der Waals surface area contributed by atoms with Gasteiger partial charge in [0.2, 0.25) is 0 Å². The summed E-state index contributed by atoms with van der Waals surface area (Å²) in [6.07, 6.45) is 4.36. The van der Waals surface area contributed by atoms with Gasteiger partial charge in [-0.2, -0.15) is 0 Å². The molecule has 0 aliphatic carbocycles. The first-order valence-corrected chi connectivity index (χ1v) is 4.26. The predicted molar refractivity (Wildman–Crippen MR) is 49.5 cm³/mol. The van der Waals surface area contributed by atoms with Gasteiger partial charge in [-0.15, -0.1) is 0 Å². The Morgan fingerprint density at radius 2 is 2.00 bits per heavy atom. The van der Waals surface area contributed by atoms with Gasteiger partial charge >= 0.3 is 0 Å². The third-order valence-corrected chi connectivity index (χ3v) is 2.14. The molecule has 11 heavy (non-hydrogen) atoms. The fourth-order valence-electron chi connectivity index (χ4n) is 1.40. The van der Waals surface area contributed by atoms with Crippen LogP contribution in [0.1, 0.15) is 20.8 Å². The van der Waals surface area contributed by atoms with Gasteiger partial charge in [0.25, 0.3) is 0 Å². The van der Waals surface area contributed by atoms with E-state index in [-0.39, 0.29) is 0 Å². The lowest BCUT2D eigenvalue weighted by molar-refractivity contribution is 0.403. The Bertz CT molecular complexity index is 181. The maximum Gasteiger partial charge on any atom is 0.00877 e. The van der Waals surface area contributed by atoms with Gasteiger partial charge < -0.3 is 5.32 Å². The van der Waals surface area contributed by atoms with E-state index < -0.39 is 0 Å². The van der Waals surface area contributed by atoms with Gasteiger partial charge in [0, 0.05) is 19.0 Å². The predicted octanol–water partition coefficient (Wildman–Crippen LogP) is 2.12. The van der Waals surface area contributed by atoms with Gasteiger partial charge in [-0.3, -0.25) is 0 Å². The maximum atomic E-state index is 3.29. The van der Waals surface area contributed by atoms with Crippen molar-refractivity contribution >= 4 is 0 Å². The molecule has 1 saturated heterocycles. The molecule has 1 heterocycles. The second-order valence-electron chi connectivity index (χ2n) is 3.31. The van der Waals surface area contributed by atoms with Gasteiger partial charge in [-0.25, -0.2) is 0 Å². The van der Waals surface area contributed by atoms with Crippen LogP contribution in [0, 0.1) is 5.92 Å². The molecule has 0 aromatic carbocycles. The van der Waals surface area contributed by atoms with Crippen LogP contribution in [0.3, 0.4) is 0 Å². The summed E-state index contributed by atoms with van der Waals surface area (Å²) >= 11 is 0. The second-order valence-corrected chi connectivity index (χ2v) is 3.31. The molecule has 1 aliphatic heterocycles. The number of nitrogens with one attached hydrogen (secondary N) is 1. The SMILES string of the molecule is C/C=C\C(=C(C)C)C1CNC1. The first kappa shape index (κ1) is 8.54. The molecule has 1 rings (SSSR count). The molecular weight excluding hydrogens is 134 g/mol. The second kappa shape index (κ2) is 3.72. The van der Waals surface area contributed by atoms with E-state index in [0.717, 1.165) is 19.0 Å². The zero-order valence-electron chi connectivity index (χ0n) is 7.65. The Labute approximate surface area is 69.2 Å². The average Bonchev–Trinajstić information content (AvgIpc) is 1.82. The Morgan fingerprint density at radius 1 is 1.36 bits per heavy atom. The standard InChI is InChI=1S/C10H17N/c1-4-5-10(8(2)3)9-6-11-7-9/h4-5,9,11H,6-7H2,1-3H3/b5-4-. The smallest absolute Gasteiger partial charge is 0.00877 e. The monoisotopic (exact) mass is 151 g/mol. The van der Waals surface area contributed by atoms with E-state index in [2.05, 4.69) is 38.2 Å². The summed E-state index contributed by atoms with van der Waals surface area (Å²) in [4.78, 5) is 0. The molecular formula is C10H17N. The highest BCUT2D eigenvalue weighted by molar-refractivity contribution is 5.28. The molecule has 1 heteroatoms. The van der Waals surface area contributed by atoms with Gasteiger partial charge in [-0.1, -0.05) is 17.7 Å². The van der Waals surface area contributed by atoms with E-state index in [4.69, 9.17) is 0 Å². The summed E-state index contributed by atoms with van der Waals surface area (Å²) in [6, 6.07) is 0. The minimum Gasteiger partial charge on any atom is -0.315 e. The van der Waals surface area contributed by atoms with Crippen LogP contribution in [0.2, 0.25) is 0 Å². The van der Waals surface area contributed by atoms with Crippen LogP contribution >= 0.6 is 0 Å². The van der Waals surface area contributed by atoms with E-state index in [1.54, 1.807) is 0 Å². The highest BCUT2D eigenvalue weighted by Crippen LogP contribution is 2.20. The highest BCUT2D eigenvalue weighted by atomic mass is 14.9. The molecule has 0 unspecified atom stereocenters. The van der Waals surface area contributed by atoms with Crippen LogP contribution in [-0.2, 0) is 0 Å². The van der Waals surface area contributed by atoms with E-state index >= 15 is 0 Å². The maximum absolute atomic E-state index is 3.29. The Kier molecular flexibility index (Phi) is 2.89. The summed E-state index contributed by atoms with van der Waals surface area (Å²) in [6.45, 7) is 8.77. The zero-order valence-corrected chi connectivity index (χ0v) is 7.65. The van der Waals surface area contributed by atoms with E-state index in [0.29, 0.717) is 0 Å². The fraction of sp³-hybridized carbons (Fsp3) is 0.600. The topological polar surface area (TPSA) is 12.0 Å². The normalized spacial score (nSPS) is 18.5. The van der Waals surface area contributed by atoms with Gasteiger partial charge in [0.1, 0.15) is 0 Å². The van der Waals surface area contributed by atoms with Crippen LogP contribution in [0.5, 0.6) is 0 Å². The Morgan fingerprint density at radius 3 is 2.27 bits per heavy atom. The van der Waals surface area contributed by atoms with Crippen molar-refractivity contribution in [2.45, 2.75) is 20.8 Å². The molecule has 0 bridgehead atoms. The van der Waals surface area contributed by atoms with E-state index in [1.165, 1.54) is 11.1 Å². The number of rotatable bonds is 2. The third kappa shape index (κ3) is 1.93. The van der Waals surface area contributed by atoms with Crippen LogP contribution in [0.25, 0.3) is 0 Å². The fourth-order valence-corrected chi connectivity index (χ4v) is 1.40. The van der Waals surface area contributed by atoms with Crippen molar-refractivity contribution in [2.24, 2.45) is 5.92 Å². The van der Waals surface area contributed by atoms with Crippen molar-refractivity contribution in [1.29, 1.82) is 0 Å². The van der Waals surface area contributed by atoms with Crippen molar-refractivity contribution in [3.8, 4) is 0 Å². The van der Waals surface area contributed by atoms with Crippen LogP contribution in [0.4, 0.5) is 0 Å². The summed E-state index contributed by atoms with van der Waals surface area (Å²) < 4.78 is 0. The molecule has 0 saturated carbocycles. The molecule has 0 atom stereocenters. The summed E-state index contributed by atoms with van der Waals surface area (Å²) in [7, 11) is 0. The molecule has 0 radical (unpaired) electrons. The molecule has 0 aromatic rings. The number of hydrogen-bond donors (Lipinski definition) is 1. The lowest BCUT2D eigenvalue weighted by atomic mass is 9.90. The largest absolute Gasteiger partial charge is 0.315 e. The molecule has 1 N–H and O–H groups in total. The average molecular weight is 151 g/mol. The minimum absolute atomic E-state index is 0.774. The zero-order chi connectivity index (χ0) is 8.27. The van der Waals surface area contributed by atoms with Crippen LogP contribution in [0.15, 0.2) is 23.3 Å². The molecule has 0 amide bonds. The lowest BCUT2D eigenvalue weighted by Gasteiger charge is -2.29. The molecule has 0 aromatic heterocycles. The highest BCUT2D eigenvalue weighted by Gasteiger charge is 2.19. The quantitative estimate of drug-likeness (QED) is 0.596. The van der Waals surface area contributed by atoms with Gasteiger partial charge in [0.15, 0.2) is 0 Å². The molecule has 1 fully saturated rings. The lowest BCUT2D eigenvalue weighted by Crippen LogP contribution is -2.42. The van der Waals surface area contributed by atoms with Crippen molar-refractivity contribution in [1.82, 2.24) is 5.32 Å². The Balaban J connectivity index is 2.67. The van der Waals surface area contributed by atoms with Crippen molar-refractivity contribution in [3.63, 3.8) is 0 Å². The van der Waals surface area contributed by atoms with Crippen molar-refractivity contribution < 1.29 is 0 Å². The minimum atomic E-state index is 0.774. The molecule has 1 aliphatic rings. The summed E-state index contributed by atoms with van der Waals surface area (Å²) in [5.74, 6) is 0.774. The first-order chi connectivity index (χ1) is 5.25. The summed E-state index contributed by atoms with van der Waals surface area (Å²) in [5.41, 5.74) is 2.97. The van der Waals surface area contributed by atoms with Crippen molar-refractivity contribution in [3.05, 3.63) is 23.3 Å². The van der Waals surface area contributed by atoms with Crippen LogP contribution in [-0.4, -0.2) is 13.1 Å². The van der Waals surface area contributed by atoms with Gasteiger partial charge in [-0.05, 0) is 26.3 Å². The third-order valence-electron chi connectivity index (χ3n) is 2.14. The molecule has 62 valence electrons. The summed E-state index contributed by atoms with van der Waals surface area (Å²) in [5, 5.41) is 3.29. The van der Waals surface area contributed by atoms with Gasteiger partial charge in [0.05, 0.1) is 0 Å². The van der Waals surface area contributed by atoms with E-state index in [9.17, 15) is 0 Å². The van der Waals surface area contributed by atoms with Crippen LogP contribution < -0.4 is 5.32 Å². The van der Waals surface area contributed by atoms with E-state index in [1.807, 2.05) is 0 Å². The molecule has 1 nitrogen and oxygen atoms in total. The Hall–Kier alpha value is -0.560. The number of hydrogen-bond acceptors (Lipinski definition) is 1. The number of allylic oxidation sites excluding steroid dienone is 3. The van der Waals surface area contributed by atoms with Crippen molar-refractivity contribution in [2.75, 3.05) is 13.1 Å². The molecule has 0 spiro atoms.